The molecule has 0 unspecified atom stereocenters. The second kappa shape index (κ2) is 3.92. The van der Waals surface area contributed by atoms with E-state index in [1.54, 1.807) is 0 Å². The first kappa shape index (κ1) is 10.3. The smallest absolute Gasteiger partial charge is 0.116 e. The van der Waals surface area contributed by atoms with Crippen molar-refractivity contribution in [3.05, 3.63) is 36.0 Å². The van der Waals surface area contributed by atoms with Gasteiger partial charge in [0.25, 0.3) is 0 Å². The lowest BCUT2D eigenvalue weighted by atomic mass is 10.0. The van der Waals surface area contributed by atoms with Crippen molar-refractivity contribution in [2.24, 2.45) is 0 Å². The van der Waals surface area contributed by atoms with Gasteiger partial charge in [0.1, 0.15) is 5.69 Å². The van der Waals surface area contributed by atoms with Gasteiger partial charge in [0, 0.05) is 24.1 Å². The molecule has 2 aromatic rings. The molecule has 0 radical (unpaired) electrons. The standard InChI is InChI=1S/C14H16N4/c1-2-4-10(5-3-1)14-13-8-11-6-7-12(15-11)9-18(13)17-16-14/h1-5,11-12,15H,6-9H2/t11-,12+/m1/s1. The molecule has 1 aromatic carbocycles. The summed E-state index contributed by atoms with van der Waals surface area (Å²) in [5, 5.41) is 12.4. The minimum atomic E-state index is 0.585. The van der Waals surface area contributed by atoms with Gasteiger partial charge in [0.2, 0.25) is 0 Å². The van der Waals surface area contributed by atoms with E-state index in [2.05, 4.69) is 44.6 Å². The van der Waals surface area contributed by atoms with Gasteiger partial charge in [-0.15, -0.1) is 5.10 Å². The molecule has 0 saturated carbocycles. The van der Waals surface area contributed by atoms with Crippen molar-refractivity contribution in [2.75, 3.05) is 0 Å². The van der Waals surface area contributed by atoms with Crippen molar-refractivity contribution < 1.29 is 0 Å². The van der Waals surface area contributed by atoms with Crippen LogP contribution in [-0.4, -0.2) is 27.1 Å². The topological polar surface area (TPSA) is 42.7 Å². The summed E-state index contributed by atoms with van der Waals surface area (Å²) in [6, 6.07) is 11.6. The predicted octanol–water partition coefficient (Wildman–Crippen LogP) is 1.62. The van der Waals surface area contributed by atoms with Crippen molar-refractivity contribution in [2.45, 2.75) is 37.9 Å². The highest BCUT2D eigenvalue weighted by Gasteiger charge is 2.31. The summed E-state index contributed by atoms with van der Waals surface area (Å²) in [7, 11) is 0. The number of hydrogen-bond donors (Lipinski definition) is 1. The van der Waals surface area contributed by atoms with Crippen LogP contribution in [0.4, 0.5) is 0 Å². The molecule has 1 fully saturated rings. The molecular formula is C14H16N4. The highest BCUT2D eigenvalue weighted by molar-refractivity contribution is 5.61. The first-order valence-corrected chi connectivity index (χ1v) is 6.64. The van der Waals surface area contributed by atoms with Crippen LogP contribution in [-0.2, 0) is 13.0 Å². The summed E-state index contributed by atoms with van der Waals surface area (Å²) in [4.78, 5) is 0. The molecule has 92 valence electrons. The zero-order valence-corrected chi connectivity index (χ0v) is 10.2. The molecule has 2 aliphatic rings. The lowest BCUT2D eigenvalue weighted by Gasteiger charge is -2.10. The minimum Gasteiger partial charge on any atom is -0.309 e. The van der Waals surface area contributed by atoms with Crippen molar-refractivity contribution in [1.29, 1.82) is 0 Å². The average Bonchev–Trinajstić information content (AvgIpc) is 2.94. The van der Waals surface area contributed by atoms with E-state index in [9.17, 15) is 0 Å². The van der Waals surface area contributed by atoms with Gasteiger partial charge in [-0.05, 0) is 12.8 Å². The molecule has 0 aliphatic carbocycles. The predicted molar refractivity (Wildman–Crippen MR) is 69.1 cm³/mol. The van der Waals surface area contributed by atoms with Crippen LogP contribution in [0.2, 0.25) is 0 Å². The summed E-state index contributed by atoms with van der Waals surface area (Å²) >= 11 is 0. The van der Waals surface area contributed by atoms with Crippen LogP contribution < -0.4 is 5.32 Å². The molecule has 0 amide bonds. The third kappa shape index (κ3) is 1.56. The molecule has 4 heteroatoms. The van der Waals surface area contributed by atoms with Gasteiger partial charge in [-0.1, -0.05) is 35.5 Å². The Kier molecular flexibility index (Phi) is 2.23. The molecule has 4 nitrogen and oxygen atoms in total. The number of nitrogens with zero attached hydrogens (tertiary/aromatic N) is 3. The van der Waals surface area contributed by atoms with E-state index in [0.29, 0.717) is 12.1 Å². The second-order valence-corrected chi connectivity index (χ2v) is 5.27. The summed E-state index contributed by atoms with van der Waals surface area (Å²) < 4.78 is 2.10. The van der Waals surface area contributed by atoms with Crippen molar-refractivity contribution in [3.63, 3.8) is 0 Å². The lowest BCUT2D eigenvalue weighted by molar-refractivity contribution is 0.468. The maximum atomic E-state index is 4.39. The SMILES string of the molecule is c1ccc(-c2nnn3c2C[C@H]2CC[C@@H](C3)N2)cc1. The van der Waals surface area contributed by atoms with Crippen LogP contribution in [0.25, 0.3) is 11.3 Å². The average molecular weight is 240 g/mol. The number of hydrogen-bond acceptors (Lipinski definition) is 3. The Balaban J connectivity index is 1.79. The fourth-order valence-corrected chi connectivity index (χ4v) is 3.15. The van der Waals surface area contributed by atoms with Gasteiger partial charge in [-0.2, -0.15) is 0 Å². The van der Waals surface area contributed by atoms with Crippen LogP contribution in [0.5, 0.6) is 0 Å². The van der Waals surface area contributed by atoms with Gasteiger partial charge < -0.3 is 5.32 Å². The lowest BCUT2D eigenvalue weighted by Crippen LogP contribution is -2.30. The quantitative estimate of drug-likeness (QED) is 0.823. The zero-order chi connectivity index (χ0) is 11.9. The van der Waals surface area contributed by atoms with Crippen LogP contribution in [0, 0.1) is 0 Å². The highest BCUT2D eigenvalue weighted by atomic mass is 15.4. The van der Waals surface area contributed by atoms with Crippen molar-refractivity contribution in [3.8, 4) is 11.3 Å². The van der Waals surface area contributed by atoms with Crippen LogP contribution in [0.15, 0.2) is 30.3 Å². The third-order valence-corrected chi connectivity index (χ3v) is 4.05. The van der Waals surface area contributed by atoms with E-state index in [4.69, 9.17) is 0 Å². The van der Waals surface area contributed by atoms with E-state index in [1.165, 1.54) is 24.1 Å². The molecule has 4 rings (SSSR count). The van der Waals surface area contributed by atoms with Crippen LogP contribution >= 0.6 is 0 Å². The highest BCUT2D eigenvalue weighted by Crippen LogP contribution is 2.28. The first-order valence-electron chi connectivity index (χ1n) is 6.64. The molecule has 1 N–H and O–H groups in total. The van der Waals surface area contributed by atoms with Gasteiger partial charge in [0.05, 0.1) is 12.2 Å². The van der Waals surface area contributed by atoms with E-state index >= 15 is 0 Å². The Bertz CT molecular complexity index is 560. The molecule has 2 atom stereocenters. The molecule has 3 heterocycles. The summed E-state index contributed by atoms with van der Waals surface area (Å²) in [5.74, 6) is 0. The van der Waals surface area contributed by atoms with Crippen molar-refractivity contribution >= 4 is 0 Å². The van der Waals surface area contributed by atoms with Gasteiger partial charge in [-0.25, -0.2) is 4.68 Å². The fraction of sp³-hybridized carbons (Fsp3) is 0.429. The molecule has 2 aliphatic heterocycles. The minimum absolute atomic E-state index is 0.585. The monoisotopic (exact) mass is 240 g/mol. The molecule has 1 aromatic heterocycles. The summed E-state index contributed by atoms with van der Waals surface area (Å²) in [6.07, 6.45) is 3.60. The van der Waals surface area contributed by atoms with E-state index in [-0.39, 0.29) is 0 Å². The van der Waals surface area contributed by atoms with E-state index in [1.807, 2.05) is 6.07 Å². The van der Waals surface area contributed by atoms with Gasteiger partial charge >= 0.3 is 0 Å². The molecule has 2 bridgehead atoms. The largest absolute Gasteiger partial charge is 0.309 e. The number of nitrogens with one attached hydrogen (secondary N) is 1. The summed E-state index contributed by atoms with van der Waals surface area (Å²) in [6.45, 7) is 0.964. The molecule has 1 saturated heterocycles. The van der Waals surface area contributed by atoms with Gasteiger partial charge in [0.15, 0.2) is 0 Å². The molecule has 18 heavy (non-hydrogen) atoms. The fourth-order valence-electron chi connectivity index (χ4n) is 3.15. The van der Waals surface area contributed by atoms with E-state index in [0.717, 1.165) is 18.7 Å². The molecule has 0 spiro atoms. The number of aromatic nitrogens is 3. The first-order chi connectivity index (χ1) is 8.90. The molecular weight excluding hydrogens is 224 g/mol. The third-order valence-electron chi connectivity index (χ3n) is 4.05. The Morgan fingerprint density at radius 1 is 1.11 bits per heavy atom. The van der Waals surface area contributed by atoms with Crippen LogP contribution in [0.1, 0.15) is 18.5 Å². The number of fused-ring (bicyclic) bond motifs is 3. The Morgan fingerprint density at radius 2 is 1.94 bits per heavy atom. The maximum Gasteiger partial charge on any atom is 0.116 e. The Morgan fingerprint density at radius 3 is 2.83 bits per heavy atom. The number of rotatable bonds is 1. The normalized spacial score (nSPS) is 25.8. The number of benzene rings is 1. The Labute approximate surface area is 106 Å². The maximum absolute atomic E-state index is 4.39. The van der Waals surface area contributed by atoms with Crippen molar-refractivity contribution in [1.82, 2.24) is 20.3 Å². The van der Waals surface area contributed by atoms with E-state index < -0.39 is 0 Å². The van der Waals surface area contributed by atoms with Gasteiger partial charge in [-0.3, -0.25) is 0 Å². The Hall–Kier alpha value is -1.68. The van der Waals surface area contributed by atoms with Crippen LogP contribution in [0.3, 0.4) is 0 Å². The zero-order valence-electron chi connectivity index (χ0n) is 10.2. The second-order valence-electron chi connectivity index (χ2n) is 5.27. The summed E-state index contributed by atoms with van der Waals surface area (Å²) in [5.41, 5.74) is 3.53.